The fraction of sp³-hybridized carbons (Fsp3) is 0.500. The van der Waals surface area contributed by atoms with E-state index < -0.39 is 28.7 Å². The van der Waals surface area contributed by atoms with Gasteiger partial charge in [0.15, 0.2) is 6.23 Å². The van der Waals surface area contributed by atoms with Crippen LogP contribution in [0.15, 0.2) is 15.8 Å². The van der Waals surface area contributed by atoms with E-state index >= 15 is 0 Å². The van der Waals surface area contributed by atoms with E-state index in [1.165, 1.54) is 0 Å². The largest absolute Gasteiger partial charge is 0.356 e. The van der Waals surface area contributed by atoms with Gasteiger partial charge in [-0.25, -0.2) is 4.79 Å². The average Bonchev–Trinajstić information content (AvgIpc) is 2.58. The Morgan fingerprint density at radius 1 is 1.60 bits per heavy atom. The summed E-state index contributed by atoms with van der Waals surface area (Å²) in [4.78, 5) is 23.9. The Balaban J connectivity index is 2.48. The van der Waals surface area contributed by atoms with Crippen molar-refractivity contribution in [1.82, 2.24) is 9.55 Å². The van der Waals surface area contributed by atoms with Crippen molar-refractivity contribution >= 4 is 11.6 Å². The SMILES string of the molecule is O=c1[nH]c(=O)n([C@H]2OCC[C@@H]2Cl)cc1F. The first-order valence-electron chi connectivity index (χ1n) is 4.36. The molecule has 15 heavy (non-hydrogen) atoms. The lowest BCUT2D eigenvalue weighted by Crippen LogP contribution is -2.35. The summed E-state index contributed by atoms with van der Waals surface area (Å²) >= 11 is 5.88. The summed E-state index contributed by atoms with van der Waals surface area (Å²) in [6.07, 6.45) is 0.678. The number of nitrogens with zero attached hydrogens (tertiary/aromatic N) is 1. The zero-order valence-corrected chi connectivity index (χ0v) is 8.33. The molecule has 1 aliphatic rings. The molecule has 2 atom stereocenters. The number of hydrogen-bond acceptors (Lipinski definition) is 3. The van der Waals surface area contributed by atoms with Gasteiger partial charge in [0.2, 0.25) is 5.82 Å². The second-order valence-electron chi connectivity index (χ2n) is 3.21. The standard InChI is InChI=1S/C8H8ClFN2O3/c9-4-1-2-15-7(4)12-3-5(10)6(13)11-8(12)14/h3-4,7H,1-2H2,(H,11,13,14)/t4-,7-/m0/s1. The van der Waals surface area contributed by atoms with Gasteiger partial charge in [-0.15, -0.1) is 11.6 Å². The van der Waals surface area contributed by atoms with Crippen LogP contribution < -0.4 is 11.2 Å². The van der Waals surface area contributed by atoms with E-state index in [1.54, 1.807) is 0 Å². The van der Waals surface area contributed by atoms with Crippen molar-refractivity contribution in [1.29, 1.82) is 0 Å². The summed E-state index contributed by atoms with van der Waals surface area (Å²) in [5, 5.41) is -0.395. The van der Waals surface area contributed by atoms with Gasteiger partial charge in [0, 0.05) is 0 Å². The van der Waals surface area contributed by atoms with E-state index in [4.69, 9.17) is 16.3 Å². The van der Waals surface area contributed by atoms with Crippen LogP contribution in [0.5, 0.6) is 0 Å². The minimum Gasteiger partial charge on any atom is -0.356 e. The van der Waals surface area contributed by atoms with Crippen LogP contribution in [0.1, 0.15) is 12.6 Å². The van der Waals surface area contributed by atoms with E-state index in [1.807, 2.05) is 4.98 Å². The first-order chi connectivity index (χ1) is 7.09. The fourth-order valence-corrected chi connectivity index (χ4v) is 1.74. The average molecular weight is 235 g/mol. The maximum atomic E-state index is 12.9. The molecular weight excluding hydrogens is 227 g/mol. The lowest BCUT2D eigenvalue weighted by Gasteiger charge is -2.15. The van der Waals surface area contributed by atoms with E-state index in [9.17, 15) is 14.0 Å². The molecule has 0 spiro atoms. The fourth-order valence-electron chi connectivity index (χ4n) is 1.45. The molecule has 0 bridgehead atoms. The molecule has 0 saturated carbocycles. The quantitative estimate of drug-likeness (QED) is 0.706. The predicted molar refractivity (Wildman–Crippen MR) is 50.5 cm³/mol. The summed E-state index contributed by atoms with van der Waals surface area (Å²) in [6, 6.07) is 0. The molecule has 2 rings (SSSR count). The third kappa shape index (κ3) is 1.82. The Labute approximate surface area is 88.4 Å². The molecule has 2 heterocycles. The third-order valence-electron chi connectivity index (χ3n) is 2.19. The molecule has 82 valence electrons. The first kappa shape index (κ1) is 10.4. The molecule has 1 aromatic rings. The zero-order valence-electron chi connectivity index (χ0n) is 7.57. The molecule has 1 N–H and O–H groups in total. The topological polar surface area (TPSA) is 64.1 Å². The highest BCUT2D eigenvalue weighted by atomic mass is 35.5. The van der Waals surface area contributed by atoms with E-state index in [-0.39, 0.29) is 0 Å². The zero-order chi connectivity index (χ0) is 11.0. The van der Waals surface area contributed by atoms with Crippen LogP contribution in [0.2, 0.25) is 0 Å². The monoisotopic (exact) mass is 234 g/mol. The van der Waals surface area contributed by atoms with Crippen LogP contribution >= 0.6 is 11.6 Å². The van der Waals surface area contributed by atoms with Gasteiger partial charge in [0.1, 0.15) is 0 Å². The third-order valence-corrected chi connectivity index (χ3v) is 2.62. The van der Waals surface area contributed by atoms with Gasteiger partial charge < -0.3 is 4.74 Å². The molecule has 7 heteroatoms. The second-order valence-corrected chi connectivity index (χ2v) is 3.77. The van der Waals surface area contributed by atoms with Crippen molar-refractivity contribution in [2.45, 2.75) is 18.0 Å². The molecule has 0 aromatic carbocycles. The number of halogens is 2. The Morgan fingerprint density at radius 3 is 2.93 bits per heavy atom. The number of nitrogens with one attached hydrogen (secondary N) is 1. The van der Waals surface area contributed by atoms with Crippen molar-refractivity contribution in [3.63, 3.8) is 0 Å². The summed E-state index contributed by atoms with van der Waals surface area (Å²) in [5.41, 5.74) is -1.76. The number of alkyl halides is 1. The Kier molecular flexibility index (Phi) is 2.62. The lowest BCUT2D eigenvalue weighted by molar-refractivity contribution is 0.0533. The Morgan fingerprint density at radius 2 is 2.33 bits per heavy atom. The first-order valence-corrected chi connectivity index (χ1v) is 4.80. The van der Waals surface area contributed by atoms with Crippen LogP contribution in [0, 0.1) is 5.82 Å². The van der Waals surface area contributed by atoms with Crippen LogP contribution in [-0.4, -0.2) is 21.5 Å². The number of ether oxygens (including phenoxy) is 1. The van der Waals surface area contributed by atoms with Crippen molar-refractivity contribution in [2.75, 3.05) is 6.61 Å². The van der Waals surface area contributed by atoms with Crippen LogP contribution in [0.25, 0.3) is 0 Å². The molecule has 1 aliphatic heterocycles. The van der Waals surface area contributed by atoms with Crippen molar-refractivity contribution in [3.8, 4) is 0 Å². The van der Waals surface area contributed by atoms with Gasteiger partial charge in [0.25, 0.3) is 5.56 Å². The molecular formula is C8H8ClFN2O3. The number of rotatable bonds is 1. The van der Waals surface area contributed by atoms with Gasteiger partial charge in [-0.05, 0) is 6.42 Å². The molecule has 1 saturated heterocycles. The van der Waals surface area contributed by atoms with E-state index in [2.05, 4.69) is 0 Å². The predicted octanol–water partition coefficient (Wildman–Crippen LogP) is 0.202. The molecule has 1 aromatic heterocycles. The second kappa shape index (κ2) is 3.79. The van der Waals surface area contributed by atoms with Crippen molar-refractivity contribution < 1.29 is 9.13 Å². The maximum absolute atomic E-state index is 12.9. The Hall–Kier alpha value is -1.14. The molecule has 1 fully saturated rings. The minimum atomic E-state index is -1.04. The van der Waals surface area contributed by atoms with Crippen LogP contribution in [-0.2, 0) is 4.74 Å². The maximum Gasteiger partial charge on any atom is 0.330 e. The molecule has 5 nitrogen and oxygen atoms in total. The number of H-pyrrole nitrogens is 1. The number of hydrogen-bond donors (Lipinski definition) is 1. The summed E-state index contributed by atoms with van der Waals surface area (Å²) in [6.45, 7) is 0.409. The molecule has 0 unspecified atom stereocenters. The van der Waals surface area contributed by atoms with Crippen molar-refractivity contribution in [3.05, 3.63) is 32.9 Å². The lowest BCUT2D eigenvalue weighted by atomic mass is 10.3. The highest BCUT2D eigenvalue weighted by molar-refractivity contribution is 6.20. The van der Waals surface area contributed by atoms with Crippen LogP contribution in [0.4, 0.5) is 4.39 Å². The van der Waals surface area contributed by atoms with Gasteiger partial charge >= 0.3 is 5.69 Å². The summed E-state index contributed by atoms with van der Waals surface area (Å²) in [5.74, 6) is -1.03. The summed E-state index contributed by atoms with van der Waals surface area (Å²) in [7, 11) is 0. The van der Waals surface area contributed by atoms with E-state index in [0.717, 1.165) is 10.8 Å². The van der Waals surface area contributed by atoms with Gasteiger partial charge in [0.05, 0.1) is 18.2 Å². The van der Waals surface area contributed by atoms with Gasteiger partial charge in [-0.2, -0.15) is 4.39 Å². The molecule has 0 radical (unpaired) electrons. The summed E-state index contributed by atoms with van der Waals surface area (Å²) < 4.78 is 19.1. The molecule has 0 aliphatic carbocycles. The van der Waals surface area contributed by atoms with Crippen LogP contribution in [0.3, 0.4) is 0 Å². The number of aromatic nitrogens is 2. The van der Waals surface area contributed by atoms with E-state index in [0.29, 0.717) is 13.0 Å². The Bertz CT molecular complexity index is 484. The molecule has 0 amide bonds. The minimum absolute atomic E-state index is 0.395. The van der Waals surface area contributed by atoms with Crippen molar-refractivity contribution in [2.24, 2.45) is 0 Å². The normalized spacial score (nSPS) is 25.7. The smallest absolute Gasteiger partial charge is 0.330 e. The highest BCUT2D eigenvalue weighted by Crippen LogP contribution is 2.26. The van der Waals surface area contributed by atoms with Gasteiger partial charge in [-0.1, -0.05) is 0 Å². The van der Waals surface area contributed by atoms with Gasteiger partial charge in [-0.3, -0.25) is 14.3 Å². The number of aromatic amines is 1. The highest BCUT2D eigenvalue weighted by Gasteiger charge is 2.29.